The lowest BCUT2D eigenvalue weighted by atomic mass is 10.0. The fourth-order valence-corrected chi connectivity index (χ4v) is 3.17. The molecule has 3 aromatic rings. The molecule has 148 valence electrons. The molecule has 0 radical (unpaired) electrons. The molecule has 0 saturated heterocycles. The second-order valence-corrected chi connectivity index (χ2v) is 6.96. The molecule has 1 heterocycles. The average molecular weight is 440 g/mol. The molecule has 3 rings (SSSR count). The molecule has 2 aromatic carbocycles. The minimum absolute atomic E-state index is 0.0333. The zero-order valence-corrected chi connectivity index (χ0v) is 15.1. The van der Waals surface area contributed by atoms with Gasteiger partial charge in [0.1, 0.15) is 5.52 Å². The van der Waals surface area contributed by atoms with Gasteiger partial charge in [-0.05, 0) is 36.4 Å². The van der Waals surface area contributed by atoms with Crippen molar-refractivity contribution in [3.63, 3.8) is 0 Å². The van der Waals surface area contributed by atoms with Gasteiger partial charge in [0, 0.05) is 10.6 Å². The molecule has 0 unspecified atom stereocenters. The summed E-state index contributed by atoms with van der Waals surface area (Å²) in [5, 5.41) is 0.436. The first-order valence-corrected chi connectivity index (χ1v) is 8.81. The van der Waals surface area contributed by atoms with E-state index in [9.17, 15) is 31.1 Å². The maximum atomic E-state index is 12.9. The molecule has 28 heavy (non-hydrogen) atoms. The highest BCUT2D eigenvalue weighted by molar-refractivity contribution is 7.99. The molecule has 0 fully saturated rings. The van der Waals surface area contributed by atoms with Crippen molar-refractivity contribution in [3.8, 4) is 0 Å². The van der Waals surface area contributed by atoms with E-state index in [1.165, 1.54) is 6.07 Å². The van der Waals surface area contributed by atoms with E-state index < -0.39 is 40.6 Å². The van der Waals surface area contributed by atoms with Crippen LogP contribution in [0, 0.1) is 0 Å². The molecule has 1 aromatic heterocycles. The quantitative estimate of drug-likeness (QED) is 0.264. The van der Waals surface area contributed by atoms with Crippen LogP contribution in [-0.2, 0) is 12.4 Å². The van der Waals surface area contributed by atoms with E-state index in [-0.39, 0.29) is 11.3 Å². The Morgan fingerprint density at radius 2 is 1.61 bits per heavy atom. The Morgan fingerprint density at radius 3 is 2.18 bits per heavy atom. The maximum Gasteiger partial charge on any atom is 0.416 e. The molecule has 11 heteroatoms. The van der Waals surface area contributed by atoms with Gasteiger partial charge < -0.3 is 4.42 Å². The normalized spacial score (nSPS) is 12.5. The fourth-order valence-electron chi connectivity index (χ4n) is 2.27. The minimum Gasteiger partial charge on any atom is -0.431 e. The number of oxazole rings is 1. The lowest BCUT2D eigenvalue weighted by Crippen LogP contribution is -2.14. The SMILES string of the molecule is O=C(CSc1nc2cc(Cl)ccc2o1)c1cc(C(F)(F)F)cc(C(F)(F)F)c1. The van der Waals surface area contributed by atoms with E-state index in [0.29, 0.717) is 28.3 Å². The topological polar surface area (TPSA) is 43.1 Å². The monoisotopic (exact) mass is 439 g/mol. The van der Waals surface area contributed by atoms with E-state index in [0.717, 1.165) is 11.8 Å². The highest BCUT2D eigenvalue weighted by Gasteiger charge is 2.37. The molecular formula is C17H8ClF6NO2S. The highest BCUT2D eigenvalue weighted by atomic mass is 35.5. The van der Waals surface area contributed by atoms with Crippen LogP contribution in [0.1, 0.15) is 21.5 Å². The van der Waals surface area contributed by atoms with Crippen LogP contribution in [0.5, 0.6) is 0 Å². The Labute approximate surface area is 162 Å². The summed E-state index contributed by atoms with van der Waals surface area (Å²) in [4.78, 5) is 16.3. The summed E-state index contributed by atoms with van der Waals surface area (Å²) in [5.41, 5.74) is -3.02. The van der Waals surface area contributed by atoms with Crippen LogP contribution >= 0.6 is 23.4 Å². The number of thioether (sulfide) groups is 1. The van der Waals surface area contributed by atoms with Crippen LogP contribution in [0.15, 0.2) is 46.0 Å². The van der Waals surface area contributed by atoms with E-state index in [4.69, 9.17) is 16.0 Å². The zero-order valence-electron chi connectivity index (χ0n) is 13.5. The molecule has 0 N–H and O–H groups in total. The molecule has 0 amide bonds. The lowest BCUT2D eigenvalue weighted by molar-refractivity contribution is -0.143. The molecule has 0 atom stereocenters. The molecule has 3 nitrogen and oxygen atoms in total. The maximum absolute atomic E-state index is 12.9. The lowest BCUT2D eigenvalue weighted by Gasteiger charge is -2.13. The van der Waals surface area contributed by atoms with Crippen LogP contribution < -0.4 is 0 Å². The van der Waals surface area contributed by atoms with Gasteiger partial charge in [-0.2, -0.15) is 26.3 Å². The number of halogens is 7. The predicted octanol–water partition coefficient (Wildman–Crippen LogP) is 6.49. The summed E-state index contributed by atoms with van der Waals surface area (Å²) in [5.74, 6) is -1.39. The van der Waals surface area contributed by atoms with Crippen molar-refractivity contribution in [2.24, 2.45) is 0 Å². The number of carbonyl (C=O) groups excluding carboxylic acids is 1. The van der Waals surface area contributed by atoms with Gasteiger partial charge in [0.2, 0.25) is 0 Å². The van der Waals surface area contributed by atoms with Gasteiger partial charge in [-0.15, -0.1) is 0 Å². The third-order valence-electron chi connectivity index (χ3n) is 3.57. The number of rotatable bonds is 4. The van der Waals surface area contributed by atoms with Crippen molar-refractivity contribution >= 4 is 40.2 Å². The van der Waals surface area contributed by atoms with Crippen LogP contribution in [0.2, 0.25) is 5.02 Å². The average Bonchev–Trinajstić information content (AvgIpc) is 2.99. The van der Waals surface area contributed by atoms with Crippen molar-refractivity contribution in [1.82, 2.24) is 4.98 Å². The first kappa shape index (κ1) is 20.5. The summed E-state index contributed by atoms with van der Waals surface area (Å²) in [6.07, 6.45) is -10.0. The van der Waals surface area contributed by atoms with Crippen molar-refractivity contribution in [2.45, 2.75) is 17.6 Å². The Hall–Kier alpha value is -2.20. The largest absolute Gasteiger partial charge is 0.431 e. The number of hydrogen-bond acceptors (Lipinski definition) is 4. The van der Waals surface area contributed by atoms with Crippen molar-refractivity contribution in [2.75, 3.05) is 5.75 Å². The van der Waals surface area contributed by atoms with Crippen LogP contribution in [0.25, 0.3) is 11.1 Å². The van der Waals surface area contributed by atoms with Gasteiger partial charge in [0.15, 0.2) is 11.4 Å². The van der Waals surface area contributed by atoms with Gasteiger partial charge in [0.05, 0.1) is 16.9 Å². The number of carbonyl (C=O) groups is 1. The number of ketones is 1. The summed E-state index contributed by atoms with van der Waals surface area (Å²) in [6, 6.07) is 5.35. The Kier molecular flexibility index (Phi) is 5.37. The third-order valence-corrected chi connectivity index (χ3v) is 4.63. The number of fused-ring (bicyclic) bond motifs is 1. The molecule has 0 bridgehead atoms. The smallest absolute Gasteiger partial charge is 0.416 e. The molecule has 0 spiro atoms. The summed E-state index contributed by atoms with van der Waals surface area (Å²) in [7, 11) is 0. The van der Waals surface area contributed by atoms with E-state index in [2.05, 4.69) is 4.98 Å². The Bertz CT molecular complexity index is 1010. The molecule has 0 saturated carbocycles. The van der Waals surface area contributed by atoms with Gasteiger partial charge >= 0.3 is 12.4 Å². The Morgan fingerprint density at radius 1 is 1.00 bits per heavy atom. The van der Waals surface area contributed by atoms with Crippen molar-refractivity contribution in [3.05, 3.63) is 58.1 Å². The number of Topliss-reactive ketones (excluding diaryl/α,β-unsaturated/α-hetero) is 1. The standard InChI is InChI=1S/C17H8ClF6NO2S/c18-11-1-2-14-12(6-11)25-15(27-14)28-7-13(26)8-3-9(16(19,20)21)5-10(4-8)17(22,23)24/h1-6H,7H2. The van der Waals surface area contributed by atoms with Gasteiger partial charge in [-0.1, -0.05) is 23.4 Å². The van der Waals surface area contributed by atoms with Crippen LogP contribution in [0.4, 0.5) is 26.3 Å². The second-order valence-electron chi connectivity index (χ2n) is 5.60. The second kappa shape index (κ2) is 7.32. The van der Waals surface area contributed by atoms with Gasteiger partial charge in [-0.25, -0.2) is 4.98 Å². The van der Waals surface area contributed by atoms with Gasteiger partial charge in [0.25, 0.3) is 5.22 Å². The summed E-state index contributed by atoms with van der Waals surface area (Å²) < 4.78 is 82.6. The zero-order chi connectivity index (χ0) is 20.7. The highest BCUT2D eigenvalue weighted by Crippen LogP contribution is 2.36. The molecule has 0 aliphatic carbocycles. The molecule has 0 aliphatic rings. The number of alkyl halides is 6. The predicted molar refractivity (Wildman–Crippen MR) is 90.5 cm³/mol. The van der Waals surface area contributed by atoms with E-state index >= 15 is 0 Å². The number of aromatic nitrogens is 1. The number of hydrogen-bond donors (Lipinski definition) is 0. The third kappa shape index (κ3) is 4.61. The molecule has 0 aliphatic heterocycles. The first-order chi connectivity index (χ1) is 12.9. The van der Waals surface area contributed by atoms with E-state index in [1.54, 1.807) is 12.1 Å². The number of benzene rings is 2. The number of nitrogens with zero attached hydrogens (tertiary/aromatic N) is 1. The van der Waals surface area contributed by atoms with Crippen LogP contribution in [0.3, 0.4) is 0 Å². The van der Waals surface area contributed by atoms with Gasteiger partial charge in [-0.3, -0.25) is 4.79 Å². The fraction of sp³-hybridized carbons (Fsp3) is 0.176. The van der Waals surface area contributed by atoms with Crippen LogP contribution in [-0.4, -0.2) is 16.5 Å². The Balaban J connectivity index is 1.84. The van der Waals surface area contributed by atoms with E-state index in [1.807, 2.05) is 0 Å². The summed E-state index contributed by atoms with van der Waals surface area (Å²) >= 11 is 6.56. The first-order valence-electron chi connectivity index (χ1n) is 7.45. The minimum atomic E-state index is -5.02. The van der Waals surface area contributed by atoms with Crippen molar-refractivity contribution in [1.29, 1.82) is 0 Å². The molecular weight excluding hydrogens is 432 g/mol. The van der Waals surface area contributed by atoms with Crippen molar-refractivity contribution < 1.29 is 35.6 Å². The summed E-state index contributed by atoms with van der Waals surface area (Å²) in [6.45, 7) is 0.